The van der Waals surface area contributed by atoms with E-state index in [-0.39, 0.29) is 25.0 Å². The third-order valence-corrected chi connectivity index (χ3v) is 5.80. The van der Waals surface area contributed by atoms with Gasteiger partial charge >= 0.3 is 0 Å². The molecule has 2 rings (SSSR count). The topological polar surface area (TPSA) is 58.6 Å². The largest absolute Gasteiger partial charge is 0.484 e. The van der Waals surface area contributed by atoms with Crippen molar-refractivity contribution < 1.29 is 14.3 Å². The molecule has 0 aliphatic heterocycles. The second-order valence-corrected chi connectivity index (χ2v) is 8.20. The van der Waals surface area contributed by atoms with E-state index in [4.69, 9.17) is 27.9 Å². The second kappa shape index (κ2) is 12.6. The van der Waals surface area contributed by atoms with Crippen LogP contribution in [0.3, 0.4) is 0 Å². The van der Waals surface area contributed by atoms with Crippen molar-refractivity contribution in [2.24, 2.45) is 0 Å². The van der Waals surface area contributed by atoms with Crippen LogP contribution < -0.4 is 10.1 Å². The van der Waals surface area contributed by atoms with Crippen LogP contribution in [0.2, 0.25) is 10.0 Å². The molecular formula is C24H30Cl2N2O3. The van der Waals surface area contributed by atoms with E-state index in [1.165, 1.54) is 0 Å². The minimum Gasteiger partial charge on any atom is -0.484 e. The lowest BCUT2D eigenvalue weighted by molar-refractivity contribution is -0.143. The normalized spacial score (nSPS) is 11.6. The monoisotopic (exact) mass is 464 g/mol. The lowest BCUT2D eigenvalue weighted by Crippen LogP contribution is -2.50. The second-order valence-electron chi connectivity index (χ2n) is 7.38. The predicted octanol–water partition coefficient (Wildman–Crippen LogP) is 5.40. The zero-order valence-corrected chi connectivity index (χ0v) is 19.8. The standard InChI is InChI=1S/C24H30Cl2N2O3/c1-4-6-13-27-24(30)22(5-2)28(15-18-9-7-8-10-21(18)26)23(29)16-31-19-11-12-20(25)17(3)14-19/h7-12,14,22H,4-6,13,15-16H2,1-3H3,(H,27,30). The summed E-state index contributed by atoms with van der Waals surface area (Å²) in [5.41, 5.74) is 1.64. The van der Waals surface area contributed by atoms with E-state index in [1.807, 2.05) is 32.0 Å². The van der Waals surface area contributed by atoms with E-state index in [9.17, 15) is 9.59 Å². The van der Waals surface area contributed by atoms with Crippen molar-refractivity contribution >= 4 is 35.0 Å². The number of unbranched alkanes of at least 4 members (excludes halogenated alkanes) is 1. The first-order valence-electron chi connectivity index (χ1n) is 10.6. The Hall–Kier alpha value is -2.24. The first kappa shape index (κ1) is 25.0. The maximum atomic E-state index is 13.2. The maximum Gasteiger partial charge on any atom is 0.261 e. The third-order valence-electron chi connectivity index (χ3n) is 5.01. The Labute approximate surface area is 194 Å². The minimum atomic E-state index is -0.615. The summed E-state index contributed by atoms with van der Waals surface area (Å²) in [6.45, 7) is 6.44. The molecule has 0 aliphatic carbocycles. The van der Waals surface area contributed by atoms with Gasteiger partial charge in [-0.25, -0.2) is 0 Å². The van der Waals surface area contributed by atoms with Gasteiger partial charge in [-0.2, -0.15) is 0 Å². The molecular weight excluding hydrogens is 435 g/mol. The van der Waals surface area contributed by atoms with E-state index in [1.54, 1.807) is 29.2 Å². The molecule has 1 N–H and O–H groups in total. The SMILES string of the molecule is CCCCNC(=O)C(CC)N(Cc1ccccc1Cl)C(=O)COc1ccc(Cl)c(C)c1. The number of nitrogens with one attached hydrogen (secondary N) is 1. The molecule has 0 saturated heterocycles. The molecule has 1 unspecified atom stereocenters. The summed E-state index contributed by atoms with van der Waals surface area (Å²) < 4.78 is 5.71. The molecule has 0 spiro atoms. The fourth-order valence-electron chi connectivity index (χ4n) is 3.17. The Morgan fingerprint density at radius 2 is 1.84 bits per heavy atom. The molecule has 0 fully saturated rings. The van der Waals surface area contributed by atoms with Gasteiger partial charge in [0.05, 0.1) is 0 Å². The van der Waals surface area contributed by atoms with Gasteiger partial charge in [0.2, 0.25) is 5.91 Å². The average Bonchev–Trinajstić information content (AvgIpc) is 2.75. The number of rotatable bonds is 11. The molecule has 0 saturated carbocycles. The summed E-state index contributed by atoms with van der Waals surface area (Å²) in [4.78, 5) is 27.6. The van der Waals surface area contributed by atoms with E-state index < -0.39 is 6.04 Å². The molecule has 5 nitrogen and oxygen atoms in total. The van der Waals surface area contributed by atoms with Gasteiger partial charge in [-0.1, -0.05) is 61.7 Å². The number of benzene rings is 2. The van der Waals surface area contributed by atoms with E-state index >= 15 is 0 Å². The van der Waals surface area contributed by atoms with Crippen LogP contribution in [-0.2, 0) is 16.1 Å². The van der Waals surface area contributed by atoms with Gasteiger partial charge in [-0.3, -0.25) is 9.59 Å². The Kier molecular flexibility index (Phi) is 10.2. The third kappa shape index (κ3) is 7.44. The fourth-order valence-corrected chi connectivity index (χ4v) is 3.48. The van der Waals surface area contributed by atoms with Crippen molar-refractivity contribution in [2.75, 3.05) is 13.2 Å². The lowest BCUT2D eigenvalue weighted by atomic mass is 10.1. The van der Waals surface area contributed by atoms with Crippen molar-refractivity contribution in [3.63, 3.8) is 0 Å². The van der Waals surface area contributed by atoms with Gasteiger partial charge in [0.1, 0.15) is 11.8 Å². The molecule has 0 aliphatic rings. The summed E-state index contributed by atoms with van der Waals surface area (Å²) in [6.07, 6.45) is 2.35. The average molecular weight is 465 g/mol. The summed E-state index contributed by atoms with van der Waals surface area (Å²) >= 11 is 12.4. The number of hydrogen-bond acceptors (Lipinski definition) is 3. The number of ether oxygens (including phenoxy) is 1. The van der Waals surface area contributed by atoms with Gasteiger partial charge in [-0.15, -0.1) is 0 Å². The highest BCUT2D eigenvalue weighted by atomic mass is 35.5. The number of halogens is 2. The fraction of sp³-hybridized carbons (Fsp3) is 0.417. The number of carbonyl (C=O) groups excluding carboxylic acids is 2. The van der Waals surface area contributed by atoms with Gasteiger partial charge in [0.15, 0.2) is 6.61 Å². The molecule has 2 aromatic rings. The van der Waals surface area contributed by atoms with Crippen LogP contribution in [0, 0.1) is 6.92 Å². The van der Waals surface area contributed by atoms with Crippen LogP contribution in [0.15, 0.2) is 42.5 Å². The molecule has 168 valence electrons. The van der Waals surface area contributed by atoms with Gasteiger partial charge in [0.25, 0.3) is 5.91 Å². The maximum absolute atomic E-state index is 13.2. The zero-order chi connectivity index (χ0) is 22.8. The Balaban J connectivity index is 2.20. The summed E-state index contributed by atoms with van der Waals surface area (Å²) in [7, 11) is 0. The van der Waals surface area contributed by atoms with Crippen LogP contribution >= 0.6 is 23.2 Å². The van der Waals surface area contributed by atoms with Crippen molar-refractivity contribution in [1.29, 1.82) is 0 Å². The number of aryl methyl sites for hydroxylation is 1. The van der Waals surface area contributed by atoms with Crippen molar-refractivity contribution in [2.45, 2.75) is 52.6 Å². The molecule has 0 aromatic heterocycles. The highest BCUT2D eigenvalue weighted by Gasteiger charge is 2.29. The van der Waals surface area contributed by atoms with Gasteiger partial charge in [0, 0.05) is 23.1 Å². The molecule has 0 radical (unpaired) electrons. The first-order valence-corrected chi connectivity index (χ1v) is 11.3. The molecule has 31 heavy (non-hydrogen) atoms. The Morgan fingerprint density at radius 3 is 2.48 bits per heavy atom. The van der Waals surface area contributed by atoms with Crippen LogP contribution in [0.25, 0.3) is 0 Å². The van der Waals surface area contributed by atoms with Crippen LogP contribution in [0.4, 0.5) is 0 Å². The van der Waals surface area contributed by atoms with Crippen LogP contribution in [0.1, 0.15) is 44.2 Å². The summed E-state index contributed by atoms with van der Waals surface area (Å²) in [5, 5.41) is 4.12. The van der Waals surface area contributed by atoms with E-state index in [0.29, 0.717) is 28.8 Å². The summed E-state index contributed by atoms with van der Waals surface area (Å²) in [6, 6.07) is 11.9. The zero-order valence-electron chi connectivity index (χ0n) is 18.3. The number of carbonyl (C=O) groups is 2. The predicted molar refractivity (Wildman–Crippen MR) is 126 cm³/mol. The smallest absolute Gasteiger partial charge is 0.261 e. The van der Waals surface area contributed by atoms with Crippen molar-refractivity contribution in [3.05, 3.63) is 63.6 Å². The molecule has 2 aromatic carbocycles. The number of hydrogen-bond donors (Lipinski definition) is 1. The highest BCUT2D eigenvalue weighted by Crippen LogP contribution is 2.22. The quantitative estimate of drug-likeness (QED) is 0.452. The molecule has 7 heteroatoms. The van der Waals surface area contributed by atoms with Crippen molar-refractivity contribution in [1.82, 2.24) is 10.2 Å². The van der Waals surface area contributed by atoms with Gasteiger partial charge in [-0.05, 0) is 55.2 Å². The molecule has 0 bridgehead atoms. The summed E-state index contributed by atoms with van der Waals surface area (Å²) in [5.74, 6) is 0.0945. The minimum absolute atomic E-state index is 0.168. The van der Waals surface area contributed by atoms with Crippen LogP contribution in [-0.4, -0.2) is 35.9 Å². The number of nitrogens with zero attached hydrogens (tertiary/aromatic N) is 1. The Bertz CT molecular complexity index is 889. The van der Waals surface area contributed by atoms with Crippen molar-refractivity contribution in [3.8, 4) is 5.75 Å². The van der Waals surface area contributed by atoms with E-state index in [2.05, 4.69) is 12.2 Å². The lowest BCUT2D eigenvalue weighted by Gasteiger charge is -2.31. The molecule has 0 heterocycles. The highest BCUT2D eigenvalue weighted by molar-refractivity contribution is 6.31. The number of amides is 2. The van der Waals surface area contributed by atoms with Crippen LogP contribution in [0.5, 0.6) is 5.75 Å². The molecule has 2 amide bonds. The first-order chi connectivity index (χ1) is 14.9. The molecule has 1 atom stereocenters. The van der Waals surface area contributed by atoms with Gasteiger partial charge < -0.3 is 15.0 Å². The van der Waals surface area contributed by atoms with E-state index in [0.717, 1.165) is 24.0 Å². The Morgan fingerprint density at radius 1 is 1.10 bits per heavy atom.